The van der Waals surface area contributed by atoms with Gasteiger partial charge in [0.25, 0.3) is 0 Å². The summed E-state index contributed by atoms with van der Waals surface area (Å²) in [5.74, 6) is 1.85. The average molecular weight is 197 g/mol. The molecule has 0 aliphatic heterocycles. The molecule has 0 bridgehead atoms. The van der Waals surface area contributed by atoms with Crippen LogP contribution in [0.1, 0.15) is 52.4 Å². The summed E-state index contributed by atoms with van der Waals surface area (Å²) >= 11 is 0. The predicted molar refractivity (Wildman–Crippen MR) is 59.0 cm³/mol. The summed E-state index contributed by atoms with van der Waals surface area (Å²) < 4.78 is 0. The number of hydrogen-bond acceptors (Lipinski definition) is 1. The van der Waals surface area contributed by atoms with E-state index in [0.717, 1.165) is 18.4 Å². The van der Waals surface area contributed by atoms with E-state index in [-0.39, 0.29) is 5.91 Å². The van der Waals surface area contributed by atoms with Crippen LogP contribution in [-0.4, -0.2) is 12.5 Å². The molecule has 2 atom stereocenters. The van der Waals surface area contributed by atoms with E-state index in [4.69, 9.17) is 0 Å². The molecule has 1 aliphatic rings. The lowest BCUT2D eigenvalue weighted by molar-refractivity contribution is -0.121. The van der Waals surface area contributed by atoms with Crippen LogP contribution < -0.4 is 5.32 Å². The first-order valence-corrected chi connectivity index (χ1v) is 6.02. The summed E-state index contributed by atoms with van der Waals surface area (Å²) in [4.78, 5) is 11.1. The number of hydrogen-bond donors (Lipinski definition) is 1. The standard InChI is InChI=1S/C12H23NO/c1-3-10-6-5-7-11(8-10)9-13-12(14)4-2/h10-11H,3-9H2,1-2H3,(H,13,14). The molecule has 82 valence electrons. The molecule has 0 aromatic heterocycles. The third kappa shape index (κ3) is 3.69. The number of carbonyl (C=O) groups excluding carboxylic acids is 1. The third-order valence-corrected chi connectivity index (χ3v) is 3.38. The molecule has 14 heavy (non-hydrogen) atoms. The lowest BCUT2D eigenvalue weighted by Gasteiger charge is -2.28. The zero-order chi connectivity index (χ0) is 10.4. The first kappa shape index (κ1) is 11.5. The van der Waals surface area contributed by atoms with E-state index in [2.05, 4.69) is 12.2 Å². The van der Waals surface area contributed by atoms with E-state index < -0.39 is 0 Å². The minimum atomic E-state index is 0.198. The summed E-state index contributed by atoms with van der Waals surface area (Å²) in [7, 11) is 0. The topological polar surface area (TPSA) is 29.1 Å². The van der Waals surface area contributed by atoms with Crippen LogP contribution in [0.25, 0.3) is 0 Å². The van der Waals surface area contributed by atoms with Crippen molar-refractivity contribution in [3.63, 3.8) is 0 Å². The second-order valence-corrected chi connectivity index (χ2v) is 4.46. The lowest BCUT2D eigenvalue weighted by atomic mass is 9.80. The Balaban J connectivity index is 2.20. The van der Waals surface area contributed by atoms with Gasteiger partial charge in [0, 0.05) is 13.0 Å². The van der Waals surface area contributed by atoms with Crippen molar-refractivity contribution in [3.8, 4) is 0 Å². The normalized spacial score (nSPS) is 27.3. The molecule has 0 saturated heterocycles. The SMILES string of the molecule is CCC(=O)NCC1CCCC(CC)C1. The molecule has 1 aliphatic carbocycles. The van der Waals surface area contributed by atoms with Crippen molar-refractivity contribution in [2.24, 2.45) is 11.8 Å². The fourth-order valence-corrected chi connectivity index (χ4v) is 2.34. The van der Waals surface area contributed by atoms with Crippen LogP contribution in [0.2, 0.25) is 0 Å². The van der Waals surface area contributed by atoms with Gasteiger partial charge < -0.3 is 5.32 Å². The molecule has 1 saturated carbocycles. The van der Waals surface area contributed by atoms with E-state index in [1.807, 2.05) is 6.92 Å². The molecular formula is C12H23NO. The first-order valence-electron chi connectivity index (χ1n) is 6.02. The molecule has 1 N–H and O–H groups in total. The van der Waals surface area contributed by atoms with Gasteiger partial charge in [0.1, 0.15) is 0 Å². The molecule has 2 nitrogen and oxygen atoms in total. The van der Waals surface area contributed by atoms with Gasteiger partial charge >= 0.3 is 0 Å². The van der Waals surface area contributed by atoms with Gasteiger partial charge in [0.15, 0.2) is 0 Å². The number of amides is 1. The zero-order valence-electron chi connectivity index (χ0n) is 9.51. The van der Waals surface area contributed by atoms with Crippen LogP contribution in [0.15, 0.2) is 0 Å². The van der Waals surface area contributed by atoms with Crippen LogP contribution in [0, 0.1) is 11.8 Å². The highest BCUT2D eigenvalue weighted by Crippen LogP contribution is 2.30. The smallest absolute Gasteiger partial charge is 0.219 e. The Morgan fingerprint density at radius 3 is 2.64 bits per heavy atom. The van der Waals surface area contributed by atoms with Crippen LogP contribution in [0.3, 0.4) is 0 Å². The number of rotatable bonds is 4. The molecule has 0 heterocycles. The molecule has 2 unspecified atom stereocenters. The van der Waals surface area contributed by atoms with Crippen LogP contribution in [0.5, 0.6) is 0 Å². The molecule has 1 rings (SSSR count). The highest BCUT2D eigenvalue weighted by Gasteiger charge is 2.20. The maximum Gasteiger partial charge on any atom is 0.219 e. The Morgan fingerprint density at radius 2 is 2.00 bits per heavy atom. The monoisotopic (exact) mass is 197 g/mol. The molecule has 0 radical (unpaired) electrons. The summed E-state index contributed by atoms with van der Waals surface area (Å²) in [5.41, 5.74) is 0. The van der Waals surface area contributed by atoms with Gasteiger partial charge in [-0.1, -0.05) is 33.1 Å². The molecule has 1 amide bonds. The lowest BCUT2D eigenvalue weighted by Crippen LogP contribution is -2.31. The molecule has 2 heteroatoms. The maximum atomic E-state index is 11.1. The van der Waals surface area contributed by atoms with E-state index in [1.54, 1.807) is 0 Å². The Morgan fingerprint density at radius 1 is 1.29 bits per heavy atom. The Hall–Kier alpha value is -0.530. The van der Waals surface area contributed by atoms with Crippen molar-refractivity contribution in [3.05, 3.63) is 0 Å². The molecular weight excluding hydrogens is 174 g/mol. The first-order chi connectivity index (χ1) is 6.76. The highest BCUT2D eigenvalue weighted by atomic mass is 16.1. The van der Waals surface area contributed by atoms with E-state index in [1.165, 1.54) is 32.1 Å². The molecule has 1 fully saturated rings. The van der Waals surface area contributed by atoms with Crippen LogP contribution >= 0.6 is 0 Å². The third-order valence-electron chi connectivity index (χ3n) is 3.38. The van der Waals surface area contributed by atoms with Crippen LogP contribution in [-0.2, 0) is 4.79 Å². The minimum Gasteiger partial charge on any atom is -0.356 e. The van der Waals surface area contributed by atoms with Crippen molar-refractivity contribution >= 4 is 5.91 Å². The van der Waals surface area contributed by atoms with Gasteiger partial charge in [-0.3, -0.25) is 4.79 Å². The Bertz CT molecular complexity index is 179. The minimum absolute atomic E-state index is 0.198. The predicted octanol–water partition coefficient (Wildman–Crippen LogP) is 2.73. The number of carbonyl (C=O) groups is 1. The van der Waals surface area contributed by atoms with E-state index >= 15 is 0 Å². The van der Waals surface area contributed by atoms with Gasteiger partial charge in [-0.05, 0) is 24.7 Å². The molecule has 0 spiro atoms. The van der Waals surface area contributed by atoms with Gasteiger partial charge in [-0.25, -0.2) is 0 Å². The second kappa shape index (κ2) is 6.05. The highest BCUT2D eigenvalue weighted by molar-refractivity contribution is 5.75. The van der Waals surface area contributed by atoms with E-state index in [9.17, 15) is 4.79 Å². The number of nitrogens with one attached hydrogen (secondary N) is 1. The summed E-state index contributed by atoms with van der Waals surface area (Å²) in [6, 6.07) is 0. The zero-order valence-corrected chi connectivity index (χ0v) is 9.51. The Kier molecular flexibility index (Phi) is 4.99. The van der Waals surface area contributed by atoms with Crippen LogP contribution in [0.4, 0.5) is 0 Å². The van der Waals surface area contributed by atoms with Crippen molar-refractivity contribution in [2.75, 3.05) is 6.54 Å². The van der Waals surface area contributed by atoms with Crippen molar-refractivity contribution in [1.82, 2.24) is 5.32 Å². The molecule has 0 aromatic carbocycles. The maximum absolute atomic E-state index is 11.1. The van der Waals surface area contributed by atoms with Crippen molar-refractivity contribution < 1.29 is 4.79 Å². The second-order valence-electron chi connectivity index (χ2n) is 4.46. The molecule has 0 aromatic rings. The van der Waals surface area contributed by atoms with E-state index in [0.29, 0.717) is 6.42 Å². The quantitative estimate of drug-likeness (QED) is 0.737. The fraction of sp³-hybridized carbons (Fsp3) is 0.917. The summed E-state index contributed by atoms with van der Waals surface area (Å²) in [6.07, 6.45) is 7.29. The average Bonchev–Trinajstić information content (AvgIpc) is 2.26. The van der Waals surface area contributed by atoms with Gasteiger partial charge in [0.05, 0.1) is 0 Å². The van der Waals surface area contributed by atoms with Gasteiger partial charge in [-0.15, -0.1) is 0 Å². The van der Waals surface area contributed by atoms with Gasteiger partial charge in [0.2, 0.25) is 5.91 Å². The van der Waals surface area contributed by atoms with Crippen molar-refractivity contribution in [1.29, 1.82) is 0 Å². The summed E-state index contributed by atoms with van der Waals surface area (Å²) in [5, 5.41) is 3.01. The fourth-order valence-electron chi connectivity index (χ4n) is 2.34. The van der Waals surface area contributed by atoms with Crippen molar-refractivity contribution in [2.45, 2.75) is 52.4 Å². The van der Waals surface area contributed by atoms with Gasteiger partial charge in [-0.2, -0.15) is 0 Å². The largest absolute Gasteiger partial charge is 0.356 e. The summed E-state index contributed by atoms with van der Waals surface area (Å²) in [6.45, 7) is 5.09. The Labute approximate surface area is 87.5 Å².